The van der Waals surface area contributed by atoms with Gasteiger partial charge < -0.3 is 16.8 Å². The van der Waals surface area contributed by atoms with Crippen molar-refractivity contribution in [1.29, 1.82) is 5.41 Å². The van der Waals surface area contributed by atoms with Crippen molar-refractivity contribution in [2.75, 3.05) is 12.8 Å². The fourth-order valence-corrected chi connectivity index (χ4v) is 5.25. The lowest BCUT2D eigenvalue weighted by molar-refractivity contribution is 0.213. The van der Waals surface area contributed by atoms with Gasteiger partial charge >= 0.3 is 0 Å². The first kappa shape index (κ1) is 26.7. The first-order valence-electron chi connectivity index (χ1n) is 12.8. The highest BCUT2D eigenvalue weighted by atomic mass is 19.1. The monoisotopic (exact) mass is 477 g/mol. The predicted molar refractivity (Wildman–Crippen MR) is 145 cm³/mol. The van der Waals surface area contributed by atoms with Crippen LogP contribution in [0.5, 0.6) is 0 Å². The topological polar surface area (TPSA) is 101 Å². The second kappa shape index (κ2) is 12.2. The summed E-state index contributed by atoms with van der Waals surface area (Å²) in [5.74, 6) is 7.81. The van der Waals surface area contributed by atoms with Gasteiger partial charge in [0.05, 0.1) is 5.56 Å². The normalized spacial score (nSPS) is 20.5. The largest absolute Gasteiger partial charge is 0.398 e. The summed E-state index contributed by atoms with van der Waals surface area (Å²) in [6.07, 6.45) is 8.97. The number of benzene rings is 1. The van der Waals surface area contributed by atoms with Gasteiger partial charge in [0, 0.05) is 51.8 Å². The lowest BCUT2D eigenvalue weighted by Gasteiger charge is -2.27. The van der Waals surface area contributed by atoms with Crippen LogP contribution in [0, 0.1) is 35.0 Å². The van der Waals surface area contributed by atoms with Crippen molar-refractivity contribution < 1.29 is 4.39 Å². The maximum atomic E-state index is 14.5. The Balaban J connectivity index is 1.96. The molecule has 1 aromatic carbocycles. The molecule has 0 amide bonds. The Bertz CT molecular complexity index is 1110. The molecule has 1 heterocycles. The molecule has 1 aliphatic rings. The van der Waals surface area contributed by atoms with E-state index >= 15 is 0 Å². The molecule has 0 aliphatic heterocycles. The molecule has 0 spiro atoms. The second-order valence-corrected chi connectivity index (χ2v) is 9.93. The minimum absolute atomic E-state index is 0.00755. The number of nitrogen functional groups attached to an aromatic ring is 2. The highest BCUT2D eigenvalue weighted by Gasteiger charge is 2.25. The standard InChI is InChI=1S/C29H40FN5/c1-5-21(25(30)6-2)27(34-4)13-14-28-23-16-26(31)24(29(32)33)15-22(23)20(17-35-28)12-11-19-9-7-18(3)8-10-19/h6,15-19,21,25,27,34H,2,5,7-10,13-14,31H2,1,3-4H3,(H3,32,33). The Labute approximate surface area is 209 Å². The third kappa shape index (κ3) is 6.41. The number of anilines is 1. The lowest BCUT2D eigenvalue weighted by atomic mass is 9.83. The van der Waals surface area contributed by atoms with Gasteiger partial charge in [-0.2, -0.15) is 0 Å². The van der Waals surface area contributed by atoms with Crippen LogP contribution in [0.2, 0.25) is 0 Å². The summed E-state index contributed by atoms with van der Waals surface area (Å²) < 4.78 is 14.5. The van der Waals surface area contributed by atoms with Crippen LogP contribution in [0.3, 0.4) is 0 Å². The average molecular weight is 478 g/mol. The average Bonchev–Trinajstić information content (AvgIpc) is 2.85. The van der Waals surface area contributed by atoms with Gasteiger partial charge in [-0.15, -0.1) is 6.58 Å². The second-order valence-electron chi connectivity index (χ2n) is 9.93. The Morgan fingerprint density at radius 2 is 2.03 bits per heavy atom. The number of nitrogens with two attached hydrogens (primary N) is 2. The fraction of sp³-hybridized carbons (Fsp3) is 0.517. The van der Waals surface area contributed by atoms with Gasteiger partial charge in [0.25, 0.3) is 0 Å². The number of halogens is 1. The molecule has 2 aromatic rings. The number of aryl methyl sites for hydroxylation is 1. The van der Waals surface area contributed by atoms with Crippen LogP contribution in [0.1, 0.15) is 69.2 Å². The number of pyridine rings is 1. The molecule has 188 valence electrons. The van der Waals surface area contributed by atoms with Crippen LogP contribution < -0.4 is 16.8 Å². The molecule has 1 fully saturated rings. The molecule has 5 nitrogen and oxygen atoms in total. The Morgan fingerprint density at radius 1 is 1.31 bits per heavy atom. The number of nitrogens with zero attached hydrogens (tertiary/aromatic N) is 1. The molecule has 1 aliphatic carbocycles. The van der Waals surface area contributed by atoms with E-state index in [-0.39, 0.29) is 17.8 Å². The van der Waals surface area contributed by atoms with Gasteiger partial charge in [-0.3, -0.25) is 10.4 Å². The number of fused-ring (bicyclic) bond motifs is 1. The van der Waals surface area contributed by atoms with Crippen molar-refractivity contribution in [3.8, 4) is 11.8 Å². The molecule has 0 radical (unpaired) electrons. The molecule has 3 unspecified atom stereocenters. The number of nitrogens with one attached hydrogen (secondary N) is 2. The van der Waals surface area contributed by atoms with E-state index in [0.717, 1.165) is 53.6 Å². The molecular formula is C29H40FN5. The Morgan fingerprint density at radius 3 is 2.63 bits per heavy atom. The number of hydrogen-bond acceptors (Lipinski definition) is 4. The Kier molecular flexibility index (Phi) is 9.28. The third-order valence-electron chi connectivity index (χ3n) is 7.54. The van der Waals surface area contributed by atoms with Crippen LogP contribution >= 0.6 is 0 Å². The minimum atomic E-state index is -1.06. The molecule has 1 aromatic heterocycles. The molecule has 1 saturated carbocycles. The zero-order valence-corrected chi connectivity index (χ0v) is 21.3. The third-order valence-corrected chi connectivity index (χ3v) is 7.54. The van der Waals surface area contributed by atoms with E-state index in [1.807, 2.05) is 32.3 Å². The molecule has 0 bridgehead atoms. The molecule has 6 heteroatoms. The van der Waals surface area contributed by atoms with Crippen molar-refractivity contribution in [3.05, 3.63) is 47.8 Å². The van der Waals surface area contributed by atoms with Gasteiger partial charge in [0.15, 0.2) is 0 Å². The van der Waals surface area contributed by atoms with Gasteiger partial charge in [-0.1, -0.05) is 31.8 Å². The summed E-state index contributed by atoms with van der Waals surface area (Å²) in [4.78, 5) is 4.77. The van der Waals surface area contributed by atoms with Crippen molar-refractivity contribution in [2.45, 2.75) is 71.0 Å². The van der Waals surface area contributed by atoms with Gasteiger partial charge in [-0.25, -0.2) is 4.39 Å². The summed E-state index contributed by atoms with van der Waals surface area (Å²) in [6.45, 7) is 7.94. The van der Waals surface area contributed by atoms with Gasteiger partial charge in [0.1, 0.15) is 12.0 Å². The van der Waals surface area contributed by atoms with E-state index in [0.29, 0.717) is 23.6 Å². The number of amidine groups is 1. The minimum Gasteiger partial charge on any atom is -0.398 e. The first-order chi connectivity index (χ1) is 16.8. The molecular weight excluding hydrogens is 437 g/mol. The van der Waals surface area contributed by atoms with Crippen molar-refractivity contribution in [3.63, 3.8) is 0 Å². The van der Waals surface area contributed by atoms with Crippen LogP contribution in [-0.4, -0.2) is 30.1 Å². The smallest absolute Gasteiger partial charge is 0.124 e. The lowest BCUT2D eigenvalue weighted by Crippen LogP contribution is -2.38. The van der Waals surface area contributed by atoms with E-state index in [1.165, 1.54) is 18.9 Å². The van der Waals surface area contributed by atoms with E-state index in [2.05, 4.69) is 30.7 Å². The van der Waals surface area contributed by atoms with Gasteiger partial charge in [-0.05, 0) is 70.0 Å². The van der Waals surface area contributed by atoms with Crippen LogP contribution in [0.25, 0.3) is 10.8 Å². The van der Waals surface area contributed by atoms with Crippen molar-refractivity contribution in [2.24, 2.45) is 23.5 Å². The van der Waals surface area contributed by atoms with Crippen LogP contribution in [0.15, 0.2) is 31.0 Å². The number of rotatable bonds is 9. The van der Waals surface area contributed by atoms with E-state index in [9.17, 15) is 4.39 Å². The number of hydrogen-bond donors (Lipinski definition) is 4. The van der Waals surface area contributed by atoms with E-state index in [1.54, 1.807) is 0 Å². The molecule has 3 rings (SSSR count). The zero-order valence-electron chi connectivity index (χ0n) is 21.3. The van der Waals surface area contributed by atoms with E-state index < -0.39 is 6.17 Å². The summed E-state index contributed by atoms with van der Waals surface area (Å²) in [6, 6.07) is 3.71. The molecule has 3 atom stereocenters. The molecule has 6 N–H and O–H groups in total. The highest BCUT2D eigenvalue weighted by Crippen LogP contribution is 2.30. The number of allylic oxidation sites excluding steroid dienone is 1. The maximum Gasteiger partial charge on any atom is 0.124 e. The van der Waals surface area contributed by atoms with E-state index in [4.69, 9.17) is 21.9 Å². The van der Waals surface area contributed by atoms with Crippen molar-refractivity contribution >= 4 is 22.3 Å². The van der Waals surface area contributed by atoms with Crippen molar-refractivity contribution in [1.82, 2.24) is 10.3 Å². The molecule has 35 heavy (non-hydrogen) atoms. The summed E-state index contributed by atoms with van der Waals surface area (Å²) in [5, 5.41) is 13.1. The summed E-state index contributed by atoms with van der Waals surface area (Å²) in [7, 11) is 1.87. The molecule has 0 saturated heterocycles. The quantitative estimate of drug-likeness (QED) is 0.129. The summed E-state index contributed by atoms with van der Waals surface area (Å²) in [5.41, 5.74) is 14.7. The number of alkyl halides is 1. The maximum absolute atomic E-state index is 14.5. The SMILES string of the molecule is C=CC(F)C(CC)C(CCc1ncc(C#CC2CCC(C)CC2)c2cc(C(=N)N)c(N)cc12)NC. The first-order valence-corrected chi connectivity index (χ1v) is 12.8. The Hall–Kier alpha value is -2.91. The fourth-order valence-electron chi connectivity index (χ4n) is 5.25. The predicted octanol–water partition coefficient (Wildman–Crippen LogP) is 5.35. The number of aromatic nitrogens is 1. The van der Waals surface area contributed by atoms with Crippen LogP contribution in [0.4, 0.5) is 10.1 Å². The summed E-state index contributed by atoms with van der Waals surface area (Å²) >= 11 is 0. The zero-order chi connectivity index (χ0) is 25.5. The van der Waals surface area contributed by atoms with Gasteiger partial charge in [0.2, 0.25) is 0 Å². The van der Waals surface area contributed by atoms with Crippen LogP contribution in [-0.2, 0) is 6.42 Å². The highest BCUT2D eigenvalue weighted by molar-refractivity contribution is 6.05.